The molecule has 3 aromatic rings. The summed E-state index contributed by atoms with van der Waals surface area (Å²) in [4.78, 5) is 24.3. The fourth-order valence-corrected chi connectivity index (χ4v) is 5.32. The number of halogens is 2. The Morgan fingerprint density at radius 1 is 0.974 bits per heavy atom. The standard InChI is InChI=1S/C27H28F2N4O5S/c28-19-1-4-21(5-2-19)38-25-8-3-20(29)15-24(25)33-39(36,37)22-6-7-23(27(30)35)18(13-22)14-26(34)32-16-17-9-11-31-12-10-17/h1-8,13,15,17,31,33H,9-12,14,16H2,(H2,30,35)(H,32,34). The van der Waals surface area contributed by atoms with Crippen molar-refractivity contribution < 1.29 is 31.5 Å². The molecule has 12 heteroatoms. The van der Waals surface area contributed by atoms with E-state index in [1.54, 1.807) is 0 Å². The van der Waals surface area contributed by atoms with Crippen molar-refractivity contribution in [3.8, 4) is 11.5 Å². The van der Waals surface area contributed by atoms with Crippen molar-refractivity contribution in [2.45, 2.75) is 24.2 Å². The lowest BCUT2D eigenvalue weighted by Gasteiger charge is -2.22. The number of benzene rings is 3. The van der Waals surface area contributed by atoms with E-state index in [1.165, 1.54) is 36.4 Å². The quantitative estimate of drug-likeness (QED) is 0.301. The van der Waals surface area contributed by atoms with Crippen molar-refractivity contribution >= 4 is 27.5 Å². The van der Waals surface area contributed by atoms with Crippen LogP contribution in [0.5, 0.6) is 11.5 Å². The Labute approximate surface area is 224 Å². The first-order valence-corrected chi connectivity index (χ1v) is 13.7. The van der Waals surface area contributed by atoms with Crippen molar-refractivity contribution in [1.82, 2.24) is 10.6 Å². The molecule has 5 N–H and O–H groups in total. The lowest BCUT2D eigenvalue weighted by atomic mass is 9.98. The van der Waals surface area contributed by atoms with E-state index in [4.69, 9.17) is 10.5 Å². The topological polar surface area (TPSA) is 140 Å². The zero-order valence-electron chi connectivity index (χ0n) is 20.9. The van der Waals surface area contributed by atoms with Crippen LogP contribution in [0.1, 0.15) is 28.8 Å². The maximum Gasteiger partial charge on any atom is 0.262 e. The first-order chi connectivity index (χ1) is 18.6. The van der Waals surface area contributed by atoms with Crippen molar-refractivity contribution in [2.24, 2.45) is 11.7 Å². The van der Waals surface area contributed by atoms with E-state index in [2.05, 4.69) is 15.4 Å². The third kappa shape index (κ3) is 7.52. The van der Waals surface area contributed by atoms with Crippen molar-refractivity contribution in [2.75, 3.05) is 24.4 Å². The molecule has 1 aliphatic heterocycles. The Morgan fingerprint density at radius 2 is 1.67 bits per heavy atom. The lowest BCUT2D eigenvalue weighted by Crippen LogP contribution is -2.36. The summed E-state index contributed by atoms with van der Waals surface area (Å²) in [5, 5.41) is 6.09. The molecule has 1 heterocycles. The number of rotatable bonds is 10. The van der Waals surface area contributed by atoms with Crippen LogP contribution < -0.4 is 25.8 Å². The monoisotopic (exact) mass is 558 g/mol. The fraction of sp³-hybridized carbons (Fsp3) is 0.259. The van der Waals surface area contributed by atoms with Crippen molar-refractivity contribution in [1.29, 1.82) is 0 Å². The molecule has 0 unspecified atom stereocenters. The van der Waals surface area contributed by atoms with Crippen LogP contribution in [0.15, 0.2) is 65.6 Å². The largest absolute Gasteiger partial charge is 0.455 e. The molecule has 1 saturated heterocycles. The third-order valence-corrected chi connectivity index (χ3v) is 7.64. The number of hydrogen-bond donors (Lipinski definition) is 4. The summed E-state index contributed by atoms with van der Waals surface area (Å²) in [5.41, 5.74) is 5.40. The molecule has 0 aromatic heterocycles. The number of amides is 2. The number of ether oxygens (including phenoxy) is 1. The molecule has 0 aliphatic carbocycles. The first-order valence-electron chi connectivity index (χ1n) is 12.3. The van der Waals surface area contributed by atoms with Gasteiger partial charge in [0.25, 0.3) is 10.0 Å². The summed E-state index contributed by atoms with van der Waals surface area (Å²) in [5.74, 6) is -1.90. The number of anilines is 1. The summed E-state index contributed by atoms with van der Waals surface area (Å²) >= 11 is 0. The molecule has 9 nitrogen and oxygen atoms in total. The molecule has 0 bridgehead atoms. The predicted octanol–water partition coefficient (Wildman–Crippen LogP) is 3.32. The minimum atomic E-state index is -4.33. The highest BCUT2D eigenvalue weighted by atomic mass is 32.2. The normalized spacial score (nSPS) is 14.0. The second-order valence-corrected chi connectivity index (χ2v) is 10.8. The summed E-state index contributed by atoms with van der Waals surface area (Å²) in [6, 6.07) is 11.8. The molecule has 0 radical (unpaired) electrons. The third-order valence-electron chi connectivity index (χ3n) is 6.28. The summed E-state index contributed by atoms with van der Waals surface area (Å²) < 4.78 is 61.7. The molecule has 3 aromatic carbocycles. The van der Waals surface area contributed by atoms with E-state index in [1.807, 2.05) is 0 Å². The lowest BCUT2D eigenvalue weighted by molar-refractivity contribution is -0.120. The Balaban J connectivity index is 1.55. The average Bonchev–Trinajstić information content (AvgIpc) is 2.90. The second kappa shape index (κ2) is 12.2. The van der Waals surface area contributed by atoms with E-state index in [-0.39, 0.29) is 45.5 Å². The summed E-state index contributed by atoms with van der Waals surface area (Å²) in [7, 11) is -4.33. The van der Waals surface area contributed by atoms with Crippen LogP contribution in [0.2, 0.25) is 0 Å². The fourth-order valence-electron chi connectivity index (χ4n) is 4.21. The van der Waals surface area contributed by atoms with E-state index in [9.17, 15) is 26.8 Å². The smallest absolute Gasteiger partial charge is 0.262 e. The van der Waals surface area contributed by atoms with Gasteiger partial charge in [-0.15, -0.1) is 0 Å². The van der Waals surface area contributed by atoms with Crippen LogP contribution in [0.3, 0.4) is 0 Å². The highest BCUT2D eigenvalue weighted by Crippen LogP contribution is 2.32. The Bertz CT molecular complexity index is 1460. The van der Waals surface area contributed by atoms with Crippen LogP contribution in [0.4, 0.5) is 14.5 Å². The highest BCUT2D eigenvalue weighted by Gasteiger charge is 2.22. The molecule has 0 saturated carbocycles. The molecule has 206 valence electrons. The molecule has 0 atom stereocenters. The number of primary amides is 1. The molecule has 1 fully saturated rings. The van der Waals surface area contributed by atoms with Crippen LogP contribution in [0.25, 0.3) is 0 Å². The predicted molar refractivity (Wildman–Crippen MR) is 141 cm³/mol. The zero-order valence-corrected chi connectivity index (χ0v) is 21.7. The first kappa shape index (κ1) is 28.0. The Morgan fingerprint density at radius 3 is 2.36 bits per heavy atom. The van der Waals surface area contributed by atoms with Gasteiger partial charge in [0.2, 0.25) is 11.8 Å². The number of piperidine rings is 1. The molecular formula is C27H28F2N4O5S. The van der Waals surface area contributed by atoms with Crippen LogP contribution in [-0.4, -0.2) is 39.9 Å². The number of carbonyl (C=O) groups is 2. The van der Waals surface area contributed by atoms with Gasteiger partial charge in [0.05, 0.1) is 17.0 Å². The van der Waals surface area contributed by atoms with E-state index in [0.29, 0.717) is 12.5 Å². The minimum Gasteiger partial charge on any atom is -0.455 e. The number of carbonyl (C=O) groups excluding carboxylic acids is 2. The van der Waals surface area contributed by atoms with E-state index < -0.39 is 27.6 Å². The van der Waals surface area contributed by atoms with Gasteiger partial charge in [0.1, 0.15) is 17.4 Å². The maximum absolute atomic E-state index is 14.0. The molecule has 2 amide bonds. The van der Waals surface area contributed by atoms with Crippen molar-refractivity contribution in [3.63, 3.8) is 0 Å². The Kier molecular flexibility index (Phi) is 8.77. The van der Waals surface area contributed by atoms with Gasteiger partial charge in [-0.1, -0.05) is 0 Å². The molecule has 1 aliphatic rings. The molecule has 4 rings (SSSR count). The van der Waals surface area contributed by atoms with E-state index in [0.717, 1.165) is 50.2 Å². The minimum absolute atomic E-state index is 0.0112. The van der Waals surface area contributed by atoms with Crippen LogP contribution in [-0.2, 0) is 21.2 Å². The van der Waals surface area contributed by atoms with Gasteiger partial charge in [-0.25, -0.2) is 17.2 Å². The average molecular weight is 559 g/mol. The van der Waals surface area contributed by atoms with Gasteiger partial charge in [0, 0.05) is 18.2 Å². The zero-order chi connectivity index (χ0) is 28.0. The van der Waals surface area contributed by atoms with Crippen molar-refractivity contribution in [3.05, 3.63) is 83.4 Å². The molecular weight excluding hydrogens is 530 g/mol. The molecule has 39 heavy (non-hydrogen) atoms. The second-order valence-electron chi connectivity index (χ2n) is 9.16. The molecule has 0 spiro atoms. The van der Waals surface area contributed by atoms with Gasteiger partial charge in [-0.3, -0.25) is 14.3 Å². The van der Waals surface area contributed by atoms with Crippen LogP contribution in [0, 0.1) is 17.6 Å². The van der Waals surface area contributed by atoms with Gasteiger partial charge in [0.15, 0.2) is 5.75 Å². The number of sulfonamides is 1. The van der Waals surface area contributed by atoms with Gasteiger partial charge >= 0.3 is 0 Å². The number of nitrogens with two attached hydrogens (primary N) is 1. The Hall–Kier alpha value is -4.03. The van der Waals surface area contributed by atoms with E-state index >= 15 is 0 Å². The highest BCUT2D eigenvalue weighted by molar-refractivity contribution is 7.92. The van der Waals surface area contributed by atoms with Gasteiger partial charge in [-0.2, -0.15) is 0 Å². The van der Waals surface area contributed by atoms with Crippen LogP contribution >= 0.6 is 0 Å². The maximum atomic E-state index is 14.0. The SMILES string of the molecule is NC(=O)c1ccc(S(=O)(=O)Nc2cc(F)ccc2Oc2ccc(F)cc2)cc1CC(=O)NCC1CCNCC1. The summed E-state index contributed by atoms with van der Waals surface area (Å²) in [6.45, 7) is 2.23. The van der Waals surface area contributed by atoms with Gasteiger partial charge < -0.3 is 21.1 Å². The van der Waals surface area contributed by atoms with Gasteiger partial charge in [-0.05, 0) is 92.0 Å². The number of nitrogens with one attached hydrogen (secondary N) is 3. The summed E-state index contributed by atoms with van der Waals surface area (Å²) in [6.07, 6.45) is 1.60. The number of hydrogen-bond acceptors (Lipinski definition) is 6.